The van der Waals surface area contributed by atoms with E-state index in [4.69, 9.17) is 25.3 Å². The van der Waals surface area contributed by atoms with Crippen LogP contribution in [0.2, 0.25) is 128 Å². The fourth-order valence-electron chi connectivity index (χ4n) is 5.50. The third-order valence-electron chi connectivity index (χ3n) is 7.55. The number of hydrogen-bond acceptors (Lipinski definition) is 7. The van der Waals surface area contributed by atoms with Crippen molar-refractivity contribution < 1.29 is 30.1 Å². The quantitative estimate of drug-likeness (QED) is 0.0444. The standard InChI is InChI=1S/C30H70O7Si8/c1-20-38(5,6)33-40(9,10)25-27-42(13,14)36-45(19,24-22-23-32-30(31)29(3)4)37-43(15,16)28-26-41(11,12)35-44(17,18)34-39(7,8)21-2/h20-21H,1-3,22-28H2,4-19H3. The molecule has 0 fully saturated rings. The van der Waals surface area contributed by atoms with E-state index in [1.807, 2.05) is 11.4 Å². The molecule has 0 aromatic heterocycles. The molecule has 0 bridgehead atoms. The zero-order chi connectivity index (χ0) is 35.8. The van der Waals surface area contributed by atoms with Gasteiger partial charge in [-0.25, -0.2) is 4.79 Å². The molecule has 0 radical (unpaired) electrons. The Morgan fingerprint density at radius 2 is 0.911 bits per heavy atom. The van der Waals surface area contributed by atoms with Crippen LogP contribution in [0.4, 0.5) is 0 Å². The van der Waals surface area contributed by atoms with Crippen LogP contribution in [-0.4, -0.2) is 79.6 Å². The molecule has 0 heterocycles. The molecule has 0 rings (SSSR count). The molecule has 7 nitrogen and oxygen atoms in total. The Bertz CT molecular complexity index is 1010. The fourth-order valence-corrected chi connectivity index (χ4v) is 45.6. The van der Waals surface area contributed by atoms with Crippen LogP contribution in [0.3, 0.4) is 0 Å². The van der Waals surface area contributed by atoms with Crippen molar-refractivity contribution in [2.45, 2.75) is 142 Å². The second-order valence-electron chi connectivity index (χ2n) is 16.7. The van der Waals surface area contributed by atoms with Crippen LogP contribution >= 0.6 is 0 Å². The van der Waals surface area contributed by atoms with Gasteiger partial charge in [0.25, 0.3) is 0 Å². The van der Waals surface area contributed by atoms with Crippen LogP contribution in [-0.2, 0) is 30.1 Å². The molecule has 0 aliphatic carbocycles. The van der Waals surface area contributed by atoms with E-state index in [0.29, 0.717) is 18.6 Å². The minimum absolute atomic E-state index is 0.343. The van der Waals surface area contributed by atoms with E-state index < -0.39 is 67.0 Å². The van der Waals surface area contributed by atoms with E-state index in [-0.39, 0.29) is 5.97 Å². The zero-order valence-electron chi connectivity index (χ0n) is 32.1. The topological polar surface area (TPSA) is 72.5 Å². The average molecular weight is 768 g/mol. The number of carbonyl (C=O) groups excluding carboxylic acids is 1. The van der Waals surface area contributed by atoms with E-state index in [9.17, 15) is 4.79 Å². The molecule has 0 saturated heterocycles. The van der Waals surface area contributed by atoms with Crippen molar-refractivity contribution in [3.8, 4) is 0 Å². The molecule has 264 valence electrons. The lowest BCUT2D eigenvalue weighted by atomic mass is 10.4. The Balaban J connectivity index is 5.78. The number of esters is 1. The predicted molar refractivity (Wildman–Crippen MR) is 214 cm³/mol. The summed E-state index contributed by atoms with van der Waals surface area (Å²) in [6.07, 6.45) is 0.711. The van der Waals surface area contributed by atoms with Crippen LogP contribution in [0, 0.1) is 0 Å². The van der Waals surface area contributed by atoms with Gasteiger partial charge in [-0.2, -0.15) is 0 Å². The SMILES string of the molecule is C=C[Si](C)(C)O[Si](C)(C)CC[Si](C)(C)O[Si](C)(CCCOC(=O)C(=C)C)O[Si](C)(C)CC[Si](C)(C)O[Si](C)(C)O[Si](C)(C)C=C. The number of rotatable bonds is 23. The largest absolute Gasteiger partial charge is 0.462 e. The molecule has 1 unspecified atom stereocenters. The molecule has 0 aliphatic heterocycles. The summed E-state index contributed by atoms with van der Waals surface area (Å²) in [6, 6.07) is 4.90. The maximum Gasteiger partial charge on any atom is 0.333 e. The lowest BCUT2D eigenvalue weighted by Gasteiger charge is -2.43. The Morgan fingerprint density at radius 3 is 1.29 bits per heavy atom. The first-order valence-corrected chi connectivity index (χ1v) is 40.3. The summed E-state index contributed by atoms with van der Waals surface area (Å²) in [5.74, 6) is -0.343. The van der Waals surface area contributed by atoms with Crippen LogP contribution in [0.1, 0.15) is 13.3 Å². The number of hydrogen-bond donors (Lipinski definition) is 0. The second-order valence-corrected chi connectivity index (χ2v) is 49.7. The molecule has 1 atom stereocenters. The van der Waals surface area contributed by atoms with Crippen molar-refractivity contribution in [1.82, 2.24) is 0 Å². The highest BCUT2D eigenvalue weighted by atomic mass is 28.5. The van der Waals surface area contributed by atoms with Crippen molar-refractivity contribution in [3.63, 3.8) is 0 Å². The van der Waals surface area contributed by atoms with Crippen LogP contribution < -0.4 is 0 Å². The minimum atomic E-state index is -2.62. The lowest BCUT2D eigenvalue weighted by molar-refractivity contribution is -0.138. The van der Waals surface area contributed by atoms with Gasteiger partial charge in [-0.1, -0.05) is 18.0 Å². The van der Waals surface area contributed by atoms with E-state index in [1.165, 1.54) is 0 Å². The summed E-state index contributed by atoms with van der Waals surface area (Å²) in [5, 5.41) is 0. The first-order chi connectivity index (χ1) is 19.9. The molecular formula is C30H70O7Si8. The fraction of sp³-hybridized carbons (Fsp3) is 0.767. The summed E-state index contributed by atoms with van der Waals surface area (Å²) in [6.45, 7) is 47.6. The summed E-state index contributed by atoms with van der Waals surface area (Å²) in [4.78, 5) is 12.0. The highest BCUT2D eigenvalue weighted by Gasteiger charge is 2.45. The maximum atomic E-state index is 12.0. The predicted octanol–water partition coefficient (Wildman–Crippen LogP) is 10.0. The molecule has 0 aromatic carbocycles. The molecule has 15 heteroatoms. The average Bonchev–Trinajstić information content (AvgIpc) is 2.81. The van der Waals surface area contributed by atoms with Crippen LogP contribution in [0.15, 0.2) is 36.7 Å². The molecule has 0 aromatic rings. The van der Waals surface area contributed by atoms with Crippen LogP contribution in [0.25, 0.3) is 0 Å². The van der Waals surface area contributed by atoms with Gasteiger partial charge in [0.1, 0.15) is 0 Å². The lowest BCUT2D eigenvalue weighted by Crippen LogP contribution is -2.55. The molecule has 0 spiro atoms. The molecule has 0 aliphatic rings. The van der Waals surface area contributed by atoms with Gasteiger partial charge in [-0.05, 0) is 142 Å². The van der Waals surface area contributed by atoms with E-state index in [2.05, 4.69) is 118 Å². The molecule has 0 saturated carbocycles. The summed E-state index contributed by atoms with van der Waals surface area (Å²) < 4.78 is 39.9. The van der Waals surface area contributed by atoms with Gasteiger partial charge in [0.2, 0.25) is 0 Å². The Morgan fingerprint density at radius 1 is 0.556 bits per heavy atom. The summed E-state index contributed by atoms with van der Waals surface area (Å²) in [5.41, 5.74) is 4.43. The van der Waals surface area contributed by atoms with Crippen LogP contribution in [0.5, 0.6) is 0 Å². The molecular weight excluding hydrogens is 697 g/mol. The summed E-state index contributed by atoms with van der Waals surface area (Å²) >= 11 is 0. The number of ether oxygens (including phenoxy) is 1. The first-order valence-electron chi connectivity index (χ1n) is 16.5. The first kappa shape index (κ1) is 45.2. The normalized spacial score (nSPS) is 15.4. The molecule has 45 heavy (non-hydrogen) atoms. The van der Waals surface area contributed by atoms with Gasteiger partial charge in [0.05, 0.1) is 6.61 Å². The Hall–Kier alpha value is 0.225. The van der Waals surface area contributed by atoms with Gasteiger partial charge < -0.3 is 25.3 Å². The Kier molecular flexibility index (Phi) is 17.3. The third kappa shape index (κ3) is 20.4. The van der Waals surface area contributed by atoms with Gasteiger partial charge in [-0.15, -0.1) is 13.2 Å². The van der Waals surface area contributed by atoms with Gasteiger partial charge in [0, 0.05) is 5.57 Å². The summed E-state index contributed by atoms with van der Waals surface area (Å²) in [7, 11) is -16.8. The molecule has 0 amide bonds. The van der Waals surface area contributed by atoms with E-state index in [1.54, 1.807) is 6.92 Å². The second kappa shape index (κ2) is 17.2. The van der Waals surface area contributed by atoms with Gasteiger partial charge in [0.15, 0.2) is 49.9 Å². The zero-order valence-corrected chi connectivity index (χ0v) is 40.1. The Labute approximate surface area is 286 Å². The maximum absolute atomic E-state index is 12.0. The molecule has 0 N–H and O–H groups in total. The monoisotopic (exact) mass is 766 g/mol. The van der Waals surface area contributed by atoms with Crippen molar-refractivity contribution in [2.24, 2.45) is 0 Å². The van der Waals surface area contributed by atoms with Gasteiger partial charge >= 0.3 is 23.1 Å². The van der Waals surface area contributed by atoms with E-state index in [0.717, 1.165) is 30.2 Å². The van der Waals surface area contributed by atoms with Gasteiger partial charge in [-0.3, -0.25) is 0 Å². The van der Waals surface area contributed by atoms with Crippen molar-refractivity contribution >= 4 is 73.0 Å². The smallest absolute Gasteiger partial charge is 0.333 e. The third-order valence-corrected chi connectivity index (χ3v) is 38.0. The van der Waals surface area contributed by atoms with Crippen molar-refractivity contribution in [3.05, 3.63) is 36.7 Å². The highest BCUT2D eigenvalue weighted by Crippen LogP contribution is 2.34. The number of carbonyl (C=O) groups is 1. The highest BCUT2D eigenvalue weighted by molar-refractivity contribution is 6.92. The van der Waals surface area contributed by atoms with E-state index >= 15 is 0 Å². The van der Waals surface area contributed by atoms with Crippen molar-refractivity contribution in [2.75, 3.05) is 6.61 Å². The van der Waals surface area contributed by atoms with Crippen molar-refractivity contribution in [1.29, 1.82) is 0 Å². The minimum Gasteiger partial charge on any atom is -0.462 e.